The van der Waals surface area contributed by atoms with Crippen molar-refractivity contribution < 1.29 is 14.0 Å². The van der Waals surface area contributed by atoms with Crippen molar-refractivity contribution in [3.05, 3.63) is 76.6 Å². The number of carbonyl (C=O) groups excluding carboxylic acids is 2. The molecule has 1 aliphatic heterocycles. The molecule has 134 valence electrons. The molecule has 0 unspecified atom stereocenters. The maximum Gasteiger partial charge on any atom is 0.279 e. The topological polar surface area (TPSA) is 63.5 Å². The van der Waals surface area contributed by atoms with Gasteiger partial charge in [-0.15, -0.1) is 0 Å². The molecule has 0 aliphatic carbocycles. The molecule has 0 atom stereocenters. The molecule has 0 radical (unpaired) electrons. The van der Waals surface area contributed by atoms with Crippen molar-refractivity contribution in [2.24, 2.45) is 12.0 Å². The molecule has 0 saturated carbocycles. The van der Waals surface area contributed by atoms with Gasteiger partial charge in [0, 0.05) is 35.3 Å². The van der Waals surface area contributed by atoms with Crippen LogP contribution in [-0.4, -0.2) is 21.5 Å². The molecule has 1 N–H and O–H groups in total. The zero-order chi connectivity index (χ0) is 19.0. The maximum atomic E-state index is 13.0. The van der Waals surface area contributed by atoms with E-state index in [0.717, 1.165) is 28.2 Å². The van der Waals surface area contributed by atoms with Gasteiger partial charge in [-0.25, -0.2) is 4.39 Å². The Morgan fingerprint density at radius 2 is 1.93 bits per heavy atom. The van der Waals surface area contributed by atoms with Crippen molar-refractivity contribution in [1.82, 2.24) is 9.88 Å². The second-order valence-corrected chi connectivity index (χ2v) is 7.04. The normalized spacial score (nSPS) is 17.0. The number of benzene rings is 2. The highest BCUT2D eigenvalue weighted by atomic mass is 32.2. The summed E-state index contributed by atoms with van der Waals surface area (Å²) in [5.41, 5.74) is 2.23. The molecule has 1 saturated heterocycles. The summed E-state index contributed by atoms with van der Waals surface area (Å²) in [7, 11) is 1.94. The molecular formula is C20H14FN3O2S. The van der Waals surface area contributed by atoms with E-state index in [1.54, 1.807) is 6.08 Å². The number of hydrogen-bond acceptors (Lipinski definition) is 3. The van der Waals surface area contributed by atoms with Crippen molar-refractivity contribution in [2.45, 2.75) is 0 Å². The van der Waals surface area contributed by atoms with E-state index in [1.807, 2.05) is 42.1 Å². The summed E-state index contributed by atoms with van der Waals surface area (Å²) in [4.78, 5) is 28.8. The van der Waals surface area contributed by atoms with Crippen LogP contribution in [0.25, 0.3) is 17.0 Å². The second kappa shape index (κ2) is 6.85. The van der Waals surface area contributed by atoms with Crippen LogP contribution in [0.1, 0.15) is 15.9 Å². The zero-order valence-electron chi connectivity index (χ0n) is 14.3. The average Bonchev–Trinajstić information content (AvgIpc) is 3.16. The first-order valence-electron chi connectivity index (χ1n) is 8.15. The van der Waals surface area contributed by atoms with Crippen molar-refractivity contribution in [1.29, 1.82) is 0 Å². The van der Waals surface area contributed by atoms with Gasteiger partial charge in [0.2, 0.25) is 0 Å². The van der Waals surface area contributed by atoms with Crippen LogP contribution in [0.3, 0.4) is 0 Å². The van der Waals surface area contributed by atoms with Gasteiger partial charge < -0.3 is 9.88 Å². The summed E-state index contributed by atoms with van der Waals surface area (Å²) in [6, 6.07) is 13.0. The average molecular weight is 379 g/mol. The first-order valence-corrected chi connectivity index (χ1v) is 8.96. The molecule has 27 heavy (non-hydrogen) atoms. The number of para-hydroxylation sites is 1. The van der Waals surface area contributed by atoms with Crippen molar-refractivity contribution in [2.75, 3.05) is 0 Å². The monoisotopic (exact) mass is 379 g/mol. The molecule has 2 aromatic carbocycles. The fourth-order valence-corrected chi connectivity index (χ4v) is 3.67. The molecule has 0 spiro atoms. The first kappa shape index (κ1) is 17.2. The predicted molar refractivity (Wildman–Crippen MR) is 105 cm³/mol. The smallest absolute Gasteiger partial charge is 0.279 e. The number of hydrogen-bond donors (Lipinski definition) is 1. The third-order valence-electron chi connectivity index (χ3n) is 4.16. The summed E-state index contributed by atoms with van der Waals surface area (Å²) in [5, 5.41) is 3.84. The molecule has 2 amide bonds. The Hall–Kier alpha value is -3.19. The van der Waals surface area contributed by atoms with Gasteiger partial charge in [0.05, 0.1) is 4.91 Å². The Bertz CT molecular complexity index is 1130. The molecule has 7 heteroatoms. The van der Waals surface area contributed by atoms with Gasteiger partial charge in [-0.05, 0) is 48.2 Å². The van der Waals surface area contributed by atoms with E-state index in [2.05, 4.69) is 10.3 Å². The van der Waals surface area contributed by atoms with Crippen LogP contribution in [0, 0.1) is 5.82 Å². The number of aryl methyl sites for hydroxylation is 1. The van der Waals surface area contributed by atoms with E-state index in [1.165, 1.54) is 24.3 Å². The SMILES string of the molecule is Cn1cc(/C=C2/SC(=NC(=O)c3ccc(F)cc3)NC2=O)c2ccccc21. The highest BCUT2D eigenvalue weighted by Gasteiger charge is 2.25. The quantitative estimate of drug-likeness (QED) is 0.691. The van der Waals surface area contributed by atoms with Gasteiger partial charge in [-0.3, -0.25) is 9.59 Å². The maximum absolute atomic E-state index is 13.0. The minimum Gasteiger partial charge on any atom is -0.350 e. The van der Waals surface area contributed by atoms with E-state index < -0.39 is 11.7 Å². The lowest BCUT2D eigenvalue weighted by molar-refractivity contribution is -0.115. The van der Waals surface area contributed by atoms with Crippen LogP contribution in [0.4, 0.5) is 4.39 Å². The fourth-order valence-electron chi connectivity index (χ4n) is 2.86. The Labute approximate surface area is 158 Å². The molecule has 1 aromatic heterocycles. The minimum atomic E-state index is -0.538. The third-order valence-corrected chi connectivity index (χ3v) is 5.07. The number of thioether (sulfide) groups is 1. The number of amides is 2. The minimum absolute atomic E-state index is 0.209. The Morgan fingerprint density at radius 1 is 1.19 bits per heavy atom. The lowest BCUT2D eigenvalue weighted by atomic mass is 10.1. The first-order chi connectivity index (χ1) is 13.0. The van der Waals surface area contributed by atoms with Crippen molar-refractivity contribution in [3.8, 4) is 0 Å². The van der Waals surface area contributed by atoms with Gasteiger partial charge in [0.15, 0.2) is 5.17 Å². The number of aliphatic imine (C=N–C) groups is 1. The number of fused-ring (bicyclic) bond motifs is 1. The van der Waals surface area contributed by atoms with Gasteiger partial charge >= 0.3 is 0 Å². The summed E-state index contributed by atoms with van der Waals surface area (Å²) < 4.78 is 15.0. The Kier molecular flexibility index (Phi) is 4.37. The molecule has 2 heterocycles. The van der Waals surface area contributed by atoms with E-state index in [0.29, 0.717) is 4.91 Å². The molecular weight excluding hydrogens is 365 g/mol. The van der Waals surface area contributed by atoms with Gasteiger partial charge in [-0.1, -0.05) is 18.2 Å². The molecule has 3 aromatic rings. The number of rotatable bonds is 2. The molecule has 1 fully saturated rings. The van der Waals surface area contributed by atoms with Gasteiger partial charge in [0.25, 0.3) is 11.8 Å². The zero-order valence-corrected chi connectivity index (χ0v) is 15.1. The van der Waals surface area contributed by atoms with E-state index in [-0.39, 0.29) is 16.6 Å². The number of amidine groups is 1. The van der Waals surface area contributed by atoms with Gasteiger partial charge in [-0.2, -0.15) is 4.99 Å². The van der Waals surface area contributed by atoms with Crippen LogP contribution < -0.4 is 5.32 Å². The molecule has 0 bridgehead atoms. The van der Waals surface area contributed by atoms with Crippen LogP contribution in [0.15, 0.2) is 64.6 Å². The Morgan fingerprint density at radius 3 is 2.70 bits per heavy atom. The lowest BCUT2D eigenvalue weighted by Gasteiger charge is -1.96. The summed E-state index contributed by atoms with van der Waals surface area (Å²) >= 11 is 1.10. The van der Waals surface area contributed by atoms with Crippen molar-refractivity contribution in [3.63, 3.8) is 0 Å². The summed E-state index contributed by atoms with van der Waals surface area (Å²) in [6.45, 7) is 0. The number of carbonyl (C=O) groups is 2. The summed E-state index contributed by atoms with van der Waals surface area (Å²) in [6.07, 6.45) is 3.73. The van der Waals surface area contributed by atoms with Crippen LogP contribution >= 0.6 is 11.8 Å². The van der Waals surface area contributed by atoms with E-state index in [9.17, 15) is 14.0 Å². The van der Waals surface area contributed by atoms with E-state index >= 15 is 0 Å². The van der Waals surface area contributed by atoms with Crippen LogP contribution in [0.5, 0.6) is 0 Å². The highest BCUT2D eigenvalue weighted by molar-refractivity contribution is 8.18. The van der Waals surface area contributed by atoms with Crippen molar-refractivity contribution >= 4 is 45.7 Å². The lowest BCUT2D eigenvalue weighted by Crippen LogP contribution is -2.20. The number of nitrogens with one attached hydrogen (secondary N) is 1. The van der Waals surface area contributed by atoms with Gasteiger partial charge in [0.1, 0.15) is 5.82 Å². The largest absolute Gasteiger partial charge is 0.350 e. The fraction of sp³-hybridized carbons (Fsp3) is 0.0500. The van der Waals surface area contributed by atoms with Crippen LogP contribution in [-0.2, 0) is 11.8 Å². The Balaban J connectivity index is 1.61. The number of halogens is 1. The number of aromatic nitrogens is 1. The predicted octanol–water partition coefficient (Wildman–Crippen LogP) is 3.72. The second-order valence-electron chi connectivity index (χ2n) is 6.01. The molecule has 5 nitrogen and oxygen atoms in total. The third kappa shape index (κ3) is 3.41. The summed E-state index contributed by atoms with van der Waals surface area (Å²) in [5.74, 6) is -1.27. The highest BCUT2D eigenvalue weighted by Crippen LogP contribution is 2.29. The standard InChI is InChI=1S/C20H14FN3O2S/c1-24-11-13(15-4-2-3-5-16(15)24)10-17-19(26)23-20(27-17)22-18(25)12-6-8-14(21)9-7-12/h2-11H,1H3,(H,22,23,25,26)/b17-10+. The molecule has 4 rings (SSSR count). The number of nitrogens with zero attached hydrogens (tertiary/aromatic N) is 2. The van der Waals surface area contributed by atoms with E-state index in [4.69, 9.17) is 0 Å². The molecule has 1 aliphatic rings. The van der Waals surface area contributed by atoms with Crippen LogP contribution in [0.2, 0.25) is 0 Å².